The molecule has 1 aliphatic rings. The Morgan fingerprint density at radius 1 is 1.18 bits per heavy atom. The average molecular weight is 158 g/mol. The summed E-state index contributed by atoms with van der Waals surface area (Å²) in [6, 6.07) is 0. The van der Waals surface area contributed by atoms with E-state index in [4.69, 9.17) is 0 Å². The van der Waals surface area contributed by atoms with Crippen molar-refractivity contribution < 1.29 is 0 Å². The second kappa shape index (κ2) is 2.71. The second-order valence-corrected chi connectivity index (χ2v) is 4.17. The van der Waals surface area contributed by atoms with Gasteiger partial charge in [0.1, 0.15) is 0 Å². The molecule has 0 aromatic carbocycles. The Bertz CT molecular complexity index is 140. The number of nitrogens with zero attached hydrogens (tertiary/aromatic N) is 2. The highest BCUT2D eigenvalue weighted by molar-refractivity contribution is 4.78. The number of rotatable bonds is 0. The van der Waals surface area contributed by atoms with Crippen LogP contribution in [0.1, 0.15) is 20.8 Å². The van der Waals surface area contributed by atoms with Crippen molar-refractivity contribution in [2.75, 3.05) is 14.1 Å². The van der Waals surface area contributed by atoms with Crippen LogP contribution in [0.15, 0.2) is 0 Å². The first-order valence-electron chi connectivity index (χ1n) is 3.90. The van der Waals surface area contributed by atoms with Crippen molar-refractivity contribution in [3.05, 3.63) is 0 Å². The van der Waals surface area contributed by atoms with E-state index in [0.29, 0.717) is 6.17 Å². The first kappa shape index (κ1) is 8.93. The summed E-state index contributed by atoms with van der Waals surface area (Å²) in [7, 11) is 3.99. The normalized spacial score (nSPS) is 29.7. The smallest absolute Gasteiger partial charge is 0.0934 e. The predicted molar refractivity (Wildman–Crippen MR) is 45.0 cm³/mol. The first-order chi connectivity index (χ1) is 4.91. The second-order valence-electron chi connectivity index (χ2n) is 4.17. The molecule has 0 radical (unpaired) electrons. The van der Waals surface area contributed by atoms with Crippen molar-refractivity contribution in [3.8, 4) is 0 Å². The van der Waals surface area contributed by atoms with Gasteiger partial charge in [-0.2, -0.15) is 10.7 Å². The fourth-order valence-electron chi connectivity index (χ4n) is 1.37. The molecule has 1 atom stereocenters. The van der Waals surface area contributed by atoms with E-state index in [1.165, 1.54) is 0 Å². The molecule has 1 rings (SSSR count). The molecule has 11 heavy (non-hydrogen) atoms. The van der Waals surface area contributed by atoms with Crippen LogP contribution >= 0.6 is 0 Å². The third-order valence-electron chi connectivity index (χ3n) is 1.83. The minimum atomic E-state index is 0.243. The van der Waals surface area contributed by atoms with Crippen LogP contribution in [0.4, 0.5) is 0 Å². The minimum Gasteiger partial charge on any atom is -0.222 e. The molecule has 0 bridgehead atoms. The fourth-order valence-corrected chi connectivity index (χ4v) is 1.37. The van der Waals surface area contributed by atoms with Crippen molar-refractivity contribution >= 4 is 0 Å². The summed E-state index contributed by atoms with van der Waals surface area (Å²) in [5, 5.41) is 3.94. The van der Waals surface area contributed by atoms with Gasteiger partial charge >= 0.3 is 0 Å². The molecule has 1 heterocycles. The zero-order valence-corrected chi connectivity index (χ0v) is 7.97. The number of hydrogen-bond acceptors (Lipinski definition) is 4. The number of nitrogens with one attached hydrogen (secondary N) is 2. The molecule has 1 aliphatic heterocycles. The predicted octanol–water partition coefficient (Wildman–Crippen LogP) is 0.160. The molecule has 0 aromatic heterocycles. The van der Waals surface area contributed by atoms with Crippen LogP contribution in [0.2, 0.25) is 0 Å². The maximum absolute atomic E-state index is 3.29. The highest BCUT2D eigenvalue weighted by Crippen LogP contribution is 2.22. The highest BCUT2D eigenvalue weighted by atomic mass is 15.9. The van der Waals surface area contributed by atoms with Crippen LogP contribution < -0.4 is 11.0 Å². The maximum Gasteiger partial charge on any atom is 0.0934 e. The molecule has 1 unspecified atom stereocenters. The van der Waals surface area contributed by atoms with Crippen molar-refractivity contribution in [3.63, 3.8) is 0 Å². The first-order valence-corrected chi connectivity index (χ1v) is 3.90. The van der Waals surface area contributed by atoms with Gasteiger partial charge in [-0.25, -0.2) is 10.4 Å². The SMILES string of the molecule is CN1NC(C(C)(C)C)N(C)N1. The van der Waals surface area contributed by atoms with Gasteiger partial charge < -0.3 is 0 Å². The van der Waals surface area contributed by atoms with Gasteiger partial charge in [0.25, 0.3) is 0 Å². The topological polar surface area (TPSA) is 30.5 Å². The monoisotopic (exact) mass is 158 g/mol. The van der Waals surface area contributed by atoms with Crippen molar-refractivity contribution in [2.24, 2.45) is 5.41 Å². The van der Waals surface area contributed by atoms with Gasteiger partial charge in [0.05, 0.1) is 6.17 Å². The molecule has 4 nitrogen and oxygen atoms in total. The summed E-state index contributed by atoms with van der Waals surface area (Å²) >= 11 is 0. The Morgan fingerprint density at radius 2 is 1.73 bits per heavy atom. The molecular formula is C7H18N4. The molecule has 0 aliphatic carbocycles. The third-order valence-corrected chi connectivity index (χ3v) is 1.83. The molecule has 0 amide bonds. The van der Waals surface area contributed by atoms with Crippen LogP contribution in [-0.2, 0) is 0 Å². The van der Waals surface area contributed by atoms with Crippen LogP contribution in [0.5, 0.6) is 0 Å². The van der Waals surface area contributed by atoms with E-state index in [9.17, 15) is 0 Å². The molecule has 2 N–H and O–H groups in total. The van der Waals surface area contributed by atoms with Crippen LogP contribution in [0.3, 0.4) is 0 Å². The molecular weight excluding hydrogens is 140 g/mol. The molecule has 66 valence electrons. The zero-order valence-electron chi connectivity index (χ0n) is 7.97. The lowest BCUT2D eigenvalue weighted by molar-refractivity contribution is 0.110. The summed E-state index contributed by atoms with van der Waals surface area (Å²) in [5.74, 6) is 0. The Hall–Kier alpha value is -0.160. The molecule has 1 saturated heterocycles. The van der Waals surface area contributed by atoms with Gasteiger partial charge in [0, 0.05) is 14.1 Å². The van der Waals surface area contributed by atoms with Gasteiger partial charge in [-0.3, -0.25) is 0 Å². The van der Waals surface area contributed by atoms with Gasteiger partial charge in [0.15, 0.2) is 0 Å². The number of hydrogen-bond donors (Lipinski definition) is 2. The van der Waals surface area contributed by atoms with Gasteiger partial charge in [-0.1, -0.05) is 20.8 Å². The third kappa shape index (κ3) is 1.90. The molecule has 0 aromatic rings. The van der Waals surface area contributed by atoms with E-state index < -0.39 is 0 Å². The summed E-state index contributed by atoms with van der Waals surface area (Å²) in [6.45, 7) is 6.63. The van der Waals surface area contributed by atoms with Crippen molar-refractivity contribution in [1.29, 1.82) is 0 Å². The summed E-state index contributed by atoms with van der Waals surface area (Å²) in [6.07, 6.45) is 0.354. The van der Waals surface area contributed by atoms with Gasteiger partial charge in [-0.15, -0.1) is 0 Å². The van der Waals surface area contributed by atoms with Crippen LogP contribution in [-0.4, -0.2) is 30.4 Å². The Balaban J connectivity index is 2.60. The van der Waals surface area contributed by atoms with Gasteiger partial charge in [0.2, 0.25) is 0 Å². The Kier molecular flexibility index (Phi) is 2.20. The van der Waals surface area contributed by atoms with Crippen molar-refractivity contribution in [1.82, 2.24) is 21.1 Å². The van der Waals surface area contributed by atoms with E-state index in [1.54, 1.807) is 0 Å². The minimum absolute atomic E-state index is 0.243. The molecule has 1 fully saturated rings. The van der Waals surface area contributed by atoms with E-state index >= 15 is 0 Å². The Labute approximate surface area is 68.5 Å². The zero-order chi connectivity index (χ0) is 8.65. The average Bonchev–Trinajstić information content (AvgIpc) is 2.08. The summed E-state index contributed by atoms with van der Waals surface area (Å²) < 4.78 is 0. The molecule has 0 saturated carbocycles. The maximum atomic E-state index is 3.29. The van der Waals surface area contributed by atoms with E-state index in [1.807, 2.05) is 19.2 Å². The van der Waals surface area contributed by atoms with Crippen LogP contribution in [0, 0.1) is 5.41 Å². The van der Waals surface area contributed by atoms with Gasteiger partial charge in [-0.05, 0) is 5.41 Å². The van der Waals surface area contributed by atoms with E-state index in [2.05, 4.69) is 36.7 Å². The van der Waals surface area contributed by atoms with Crippen molar-refractivity contribution in [2.45, 2.75) is 26.9 Å². The lowest BCUT2D eigenvalue weighted by Gasteiger charge is -2.30. The molecule has 4 heteroatoms. The molecule has 0 spiro atoms. The summed E-state index contributed by atoms with van der Waals surface area (Å²) in [5.41, 5.74) is 6.66. The Morgan fingerprint density at radius 3 is 1.91 bits per heavy atom. The van der Waals surface area contributed by atoms with E-state index in [-0.39, 0.29) is 5.41 Å². The lowest BCUT2D eigenvalue weighted by Crippen LogP contribution is -2.45. The van der Waals surface area contributed by atoms with E-state index in [0.717, 1.165) is 0 Å². The standard InChI is InChI=1S/C7H18N4/c1-7(2,3)6-8-11(5)9-10(6)4/h6,8-9H,1-5H3. The summed E-state index contributed by atoms with van der Waals surface area (Å²) in [4.78, 5) is 0. The van der Waals surface area contributed by atoms with Crippen LogP contribution in [0.25, 0.3) is 0 Å². The quantitative estimate of drug-likeness (QED) is 0.526. The number of hydrazine groups is 3. The lowest BCUT2D eigenvalue weighted by atomic mass is 9.92. The largest absolute Gasteiger partial charge is 0.222 e. The fraction of sp³-hybridized carbons (Fsp3) is 1.00. The highest BCUT2D eigenvalue weighted by Gasteiger charge is 2.33.